The predicted octanol–water partition coefficient (Wildman–Crippen LogP) is 0.782. The minimum Gasteiger partial charge on any atom is -0.387 e. The molecule has 2 nitrogen and oxygen atoms in total. The average molecular weight is 150 g/mol. The molecule has 2 heterocycles. The lowest BCUT2D eigenvalue weighted by Gasteiger charge is -2.17. The van der Waals surface area contributed by atoms with E-state index >= 15 is 0 Å². The second-order valence-electron chi connectivity index (χ2n) is 3.13. The van der Waals surface area contributed by atoms with Crippen LogP contribution in [0, 0.1) is 0 Å². The van der Waals surface area contributed by atoms with Gasteiger partial charge in [0.15, 0.2) is 0 Å². The average Bonchev–Trinajstić information content (AvgIpc) is 2.58. The van der Waals surface area contributed by atoms with Crippen molar-refractivity contribution in [2.45, 2.75) is 18.9 Å². The monoisotopic (exact) mass is 150 g/mol. The Kier molecular flexibility index (Phi) is 1.95. The normalized spacial score (nSPS) is 29.8. The minimum absolute atomic E-state index is 0.646. The van der Waals surface area contributed by atoms with Crippen LogP contribution in [0.15, 0.2) is 23.9 Å². The molecule has 2 N–H and O–H groups in total. The lowest BCUT2D eigenvalue weighted by atomic mass is 10.0. The molecule has 1 fully saturated rings. The summed E-state index contributed by atoms with van der Waals surface area (Å²) in [6.07, 6.45) is 8.93. The highest BCUT2D eigenvalue weighted by Crippen LogP contribution is 2.14. The van der Waals surface area contributed by atoms with Gasteiger partial charge in [0, 0.05) is 12.6 Å². The van der Waals surface area contributed by atoms with Gasteiger partial charge >= 0.3 is 0 Å². The highest BCUT2D eigenvalue weighted by molar-refractivity contribution is 5.23. The molecule has 1 saturated heterocycles. The van der Waals surface area contributed by atoms with Crippen LogP contribution in [0.1, 0.15) is 12.8 Å². The van der Waals surface area contributed by atoms with Crippen LogP contribution < -0.4 is 10.6 Å². The quantitative estimate of drug-likeness (QED) is 0.577. The maximum Gasteiger partial charge on any atom is 0.0373 e. The molecule has 1 unspecified atom stereocenters. The fraction of sp³-hybridized carbons (Fsp3) is 0.556. The van der Waals surface area contributed by atoms with Crippen LogP contribution in [0.3, 0.4) is 0 Å². The molecular weight excluding hydrogens is 136 g/mol. The molecule has 0 aromatic rings. The van der Waals surface area contributed by atoms with Crippen molar-refractivity contribution in [3.05, 3.63) is 23.9 Å². The summed E-state index contributed by atoms with van der Waals surface area (Å²) >= 11 is 0. The van der Waals surface area contributed by atoms with Gasteiger partial charge in [0.2, 0.25) is 0 Å². The van der Waals surface area contributed by atoms with Gasteiger partial charge in [-0.05, 0) is 37.2 Å². The third kappa shape index (κ3) is 1.46. The van der Waals surface area contributed by atoms with E-state index < -0.39 is 0 Å². The Labute approximate surface area is 67.4 Å². The van der Waals surface area contributed by atoms with E-state index in [4.69, 9.17) is 0 Å². The summed E-state index contributed by atoms with van der Waals surface area (Å²) in [5.74, 6) is 0. The Morgan fingerprint density at radius 1 is 1.45 bits per heavy atom. The van der Waals surface area contributed by atoms with E-state index in [0.717, 1.165) is 6.54 Å². The number of allylic oxidation sites excluding steroid dienone is 2. The molecule has 0 aliphatic carbocycles. The lowest BCUT2D eigenvalue weighted by molar-refractivity contribution is 0.658. The standard InChI is InChI=1S/C9H14N2/c1-3-8(7-10-5-1)9-4-2-6-11-9/h1,3,5,9-11H,2,4,6-7H2. The number of hydrogen-bond donors (Lipinski definition) is 2. The third-order valence-electron chi connectivity index (χ3n) is 2.34. The van der Waals surface area contributed by atoms with Crippen LogP contribution in [0.5, 0.6) is 0 Å². The maximum absolute atomic E-state index is 3.48. The van der Waals surface area contributed by atoms with Gasteiger partial charge in [0.05, 0.1) is 0 Å². The van der Waals surface area contributed by atoms with E-state index in [9.17, 15) is 0 Å². The summed E-state index contributed by atoms with van der Waals surface area (Å²) in [4.78, 5) is 0. The van der Waals surface area contributed by atoms with Crippen molar-refractivity contribution < 1.29 is 0 Å². The molecule has 2 rings (SSSR count). The van der Waals surface area contributed by atoms with Crippen molar-refractivity contribution in [2.75, 3.05) is 13.1 Å². The van der Waals surface area contributed by atoms with E-state index in [1.807, 2.05) is 6.20 Å². The van der Waals surface area contributed by atoms with Crippen molar-refractivity contribution in [2.24, 2.45) is 0 Å². The first-order chi connectivity index (χ1) is 5.47. The highest BCUT2D eigenvalue weighted by atomic mass is 15.0. The molecule has 60 valence electrons. The summed E-state index contributed by atoms with van der Waals surface area (Å²) in [6, 6.07) is 0.646. The van der Waals surface area contributed by atoms with Crippen LogP contribution in [0.2, 0.25) is 0 Å². The van der Waals surface area contributed by atoms with Gasteiger partial charge in [0.25, 0.3) is 0 Å². The topological polar surface area (TPSA) is 24.1 Å². The van der Waals surface area contributed by atoms with Gasteiger partial charge in [0.1, 0.15) is 0 Å². The Hall–Kier alpha value is -0.760. The van der Waals surface area contributed by atoms with Crippen LogP contribution in [0.25, 0.3) is 0 Å². The van der Waals surface area contributed by atoms with Crippen LogP contribution in [-0.2, 0) is 0 Å². The van der Waals surface area contributed by atoms with Crippen molar-refractivity contribution in [3.8, 4) is 0 Å². The first kappa shape index (κ1) is 6.92. The van der Waals surface area contributed by atoms with Gasteiger partial charge in [-0.15, -0.1) is 0 Å². The fourth-order valence-corrected chi connectivity index (χ4v) is 1.72. The Morgan fingerprint density at radius 2 is 2.45 bits per heavy atom. The van der Waals surface area contributed by atoms with Crippen molar-refractivity contribution >= 4 is 0 Å². The molecule has 2 heteroatoms. The second kappa shape index (κ2) is 3.09. The van der Waals surface area contributed by atoms with Gasteiger partial charge in [-0.25, -0.2) is 0 Å². The molecule has 0 bridgehead atoms. The maximum atomic E-state index is 3.48. The molecule has 11 heavy (non-hydrogen) atoms. The van der Waals surface area contributed by atoms with E-state index in [2.05, 4.69) is 22.8 Å². The molecule has 0 radical (unpaired) electrons. The Balaban J connectivity index is 2.02. The molecule has 2 aliphatic rings. The zero-order valence-corrected chi connectivity index (χ0v) is 6.64. The van der Waals surface area contributed by atoms with Crippen LogP contribution in [0.4, 0.5) is 0 Å². The molecule has 0 aromatic carbocycles. The molecular formula is C9H14N2. The Bertz CT molecular complexity index is 188. The minimum atomic E-state index is 0.646. The van der Waals surface area contributed by atoms with Gasteiger partial charge in [-0.3, -0.25) is 0 Å². The summed E-state index contributed by atoms with van der Waals surface area (Å²) < 4.78 is 0. The van der Waals surface area contributed by atoms with E-state index in [1.165, 1.54) is 25.0 Å². The number of nitrogens with one attached hydrogen (secondary N) is 2. The SMILES string of the molecule is C1=CNCC(C2CCCN2)=C1. The van der Waals surface area contributed by atoms with E-state index in [0.29, 0.717) is 6.04 Å². The summed E-state index contributed by atoms with van der Waals surface area (Å²) in [7, 11) is 0. The number of dihydropyridines is 1. The first-order valence-corrected chi connectivity index (χ1v) is 4.29. The zero-order valence-electron chi connectivity index (χ0n) is 6.64. The fourth-order valence-electron chi connectivity index (χ4n) is 1.72. The summed E-state index contributed by atoms with van der Waals surface area (Å²) in [6.45, 7) is 2.21. The summed E-state index contributed by atoms with van der Waals surface area (Å²) in [5.41, 5.74) is 1.50. The van der Waals surface area contributed by atoms with Gasteiger partial charge in [-0.1, -0.05) is 6.08 Å². The molecule has 1 atom stereocenters. The number of rotatable bonds is 1. The van der Waals surface area contributed by atoms with E-state index in [-0.39, 0.29) is 0 Å². The molecule has 0 spiro atoms. The van der Waals surface area contributed by atoms with Crippen LogP contribution in [-0.4, -0.2) is 19.1 Å². The second-order valence-corrected chi connectivity index (χ2v) is 3.13. The first-order valence-electron chi connectivity index (χ1n) is 4.29. The molecule has 0 aromatic heterocycles. The number of hydrogen-bond acceptors (Lipinski definition) is 2. The smallest absolute Gasteiger partial charge is 0.0373 e. The molecule has 0 amide bonds. The van der Waals surface area contributed by atoms with Crippen molar-refractivity contribution in [1.29, 1.82) is 0 Å². The predicted molar refractivity (Wildman–Crippen MR) is 46.3 cm³/mol. The summed E-state index contributed by atoms with van der Waals surface area (Å²) in [5, 5.41) is 6.71. The largest absolute Gasteiger partial charge is 0.387 e. The van der Waals surface area contributed by atoms with Crippen LogP contribution >= 0.6 is 0 Å². The van der Waals surface area contributed by atoms with E-state index in [1.54, 1.807) is 0 Å². The van der Waals surface area contributed by atoms with Crippen molar-refractivity contribution in [1.82, 2.24) is 10.6 Å². The molecule has 0 saturated carbocycles. The van der Waals surface area contributed by atoms with Crippen molar-refractivity contribution in [3.63, 3.8) is 0 Å². The lowest BCUT2D eigenvalue weighted by Crippen LogP contribution is -2.29. The van der Waals surface area contributed by atoms with Gasteiger partial charge < -0.3 is 10.6 Å². The highest BCUT2D eigenvalue weighted by Gasteiger charge is 2.17. The third-order valence-corrected chi connectivity index (χ3v) is 2.34. The molecule has 2 aliphatic heterocycles. The van der Waals surface area contributed by atoms with Gasteiger partial charge in [-0.2, -0.15) is 0 Å². The Morgan fingerprint density at radius 3 is 3.09 bits per heavy atom. The zero-order chi connectivity index (χ0) is 7.52.